The van der Waals surface area contributed by atoms with Crippen molar-refractivity contribution < 1.29 is 19.1 Å². The fourth-order valence-corrected chi connectivity index (χ4v) is 7.32. The molecule has 0 radical (unpaired) electrons. The Morgan fingerprint density at radius 3 is 1.41 bits per heavy atom. The summed E-state index contributed by atoms with van der Waals surface area (Å²) in [5, 5.41) is 0. The van der Waals surface area contributed by atoms with E-state index in [1.807, 2.05) is 12.4 Å². The number of hydrogen-bond donors (Lipinski definition) is 0. The van der Waals surface area contributed by atoms with Gasteiger partial charge < -0.3 is 14.4 Å². The summed E-state index contributed by atoms with van der Waals surface area (Å²) >= 11 is 0. The second-order valence-corrected chi connectivity index (χ2v) is 15.3. The van der Waals surface area contributed by atoms with Gasteiger partial charge in [0.25, 0.3) is 0 Å². The largest absolute Gasteiger partial charge is 0.464 e. The Hall–Kier alpha value is -2.15. The topological polar surface area (TPSA) is 72.0 Å². The molecular weight excluding hydrogens is 635 g/mol. The van der Waals surface area contributed by atoms with E-state index in [4.69, 9.17) is 9.47 Å². The van der Waals surface area contributed by atoms with Crippen LogP contribution in [-0.2, 0) is 19.1 Å². The number of ether oxygens (including phenoxy) is 2. The fraction of sp³-hybridized carbons (Fsp3) is 0.841. The van der Waals surface area contributed by atoms with Crippen LogP contribution in [0.25, 0.3) is 0 Å². The minimum atomic E-state index is -0.0761. The van der Waals surface area contributed by atoms with Crippen LogP contribution in [0.5, 0.6) is 0 Å². The zero-order valence-electron chi connectivity index (χ0n) is 33.4. The van der Waals surface area contributed by atoms with E-state index in [-0.39, 0.29) is 11.9 Å². The van der Waals surface area contributed by atoms with Gasteiger partial charge in [-0.1, -0.05) is 142 Å². The van der Waals surface area contributed by atoms with Crippen LogP contribution in [0.15, 0.2) is 24.5 Å². The van der Waals surface area contributed by atoms with Gasteiger partial charge in [-0.15, -0.1) is 0 Å². The van der Waals surface area contributed by atoms with Gasteiger partial charge in [0.15, 0.2) is 0 Å². The molecule has 0 N–H and O–H groups in total. The van der Waals surface area contributed by atoms with E-state index in [1.54, 1.807) is 0 Å². The van der Waals surface area contributed by atoms with Crippen molar-refractivity contribution in [2.45, 2.75) is 187 Å². The van der Waals surface area contributed by atoms with Crippen LogP contribution in [0, 0.1) is 5.92 Å². The van der Waals surface area contributed by atoms with Crippen molar-refractivity contribution in [3.05, 3.63) is 24.5 Å². The number of unbranched alkanes of at least 4 members (excludes halogenated alkanes) is 20. The van der Waals surface area contributed by atoms with Crippen LogP contribution < -0.4 is 4.90 Å². The van der Waals surface area contributed by atoms with Crippen molar-refractivity contribution in [1.29, 1.82) is 0 Å². The molecule has 51 heavy (non-hydrogen) atoms. The van der Waals surface area contributed by atoms with Gasteiger partial charge in [-0.05, 0) is 56.7 Å². The van der Waals surface area contributed by atoms with Gasteiger partial charge in [0.2, 0.25) is 0 Å². The molecule has 0 bridgehead atoms. The molecule has 7 nitrogen and oxygen atoms in total. The van der Waals surface area contributed by atoms with E-state index < -0.39 is 0 Å². The minimum Gasteiger partial charge on any atom is -0.464 e. The summed E-state index contributed by atoms with van der Waals surface area (Å²) in [6.45, 7) is 9.81. The number of aromatic nitrogens is 1. The van der Waals surface area contributed by atoms with Gasteiger partial charge in [0.05, 0.1) is 0 Å². The highest BCUT2D eigenvalue weighted by molar-refractivity contribution is 5.69. The first-order valence-electron chi connectivity index (χ1n) is 21.8. The summed E-state index contributed by atoms with van der Waals surface area (Å²) in [7, 11) is 0. The number of carbonyl (C=O) groups is 2. The van der Waals surface area contributed by atoms with Crippen LogP contribution in [0.3, 0.4) is 0 Å². The first kappa shape index (κ1) is 45.0. The average Bonchev–Trinajstić information content (AvgIpc) is 3.15. The zero-order valence-corrected chi connectivity index (χ0v) is 33.4. The van der Waals surface area contributed by atoms with Gasteiger partial charge in [-0.25, -0.2) is 0 Å². The predicted octanol–water partition coefficient (Wildman–Crippen LogP) is 11.5. The van der Waals surface area contributed by atoms with Gasteiger partial charge in [-0.2, -0.15) is 0 Å². The average molecular weight is 714 g/mol. The van der Waals surface area contributed by atoms with Gasteiger partial charge >= 0.3 is 11.9 Å². The maximum absolute atomic E-state index is 12.5. The molecule has 0 atom stereocenters. The van der Waals surface area contributed by atoms with Crippen molar-refractivity contribution in [1.82, 2.24) is 9.88 Å². The highest BCUT2D eigenvalue weighted by Gasteiger charge is 2.20. The molecule has 1 aromatic heterocycles. The standard InChI is InChI=1S/C44H79N3O4/c1-3-5-7-9-11-13-15-17-19-21-23-25-43(48)50-39-37-46(34-29-41-30-35-47(36-31-41)42-27-32-45-33-28-42)38-40-51-44(49)26-24-22-20-18-16-14-12-10-8-6-4-2/h27-28,32-33,41H,3-26,29-31,34-40H2,1-2H3. The second-order valence-electron chi connectivity index (χ2n) is 15.3. The molecule has 1 fully saturated rings. The smallest absolute Gasteiger partial charge is 0.305 e. The van der Waals surface area contributed by atoms with Crippen molar-refractivity contribution in [2.75, 3.05) is 50.8 Å². The summed E-state index contributed by atoms with van der Waals surface area (Å²) in [6, 6.07) is 4.19. The van der Waals surface area contributed by atoms with Crippen molar-refractivity contribution >= 4 is 17.6 Å². The normalized spacial score (nSPS) is 13.6. The summed E-state index contributed by atoms with van der Waals surface area (Å²) in [5.74, 6) is 0.526. The molecule has 0 aromatic carbocycles. The molecule has 1 aliphatic rings. The van der Waals surface area contributed by atoms with E-state index in [9.17, 15) is 9.59 Å². The Balaban J connectivity index is 1.61. The summed E-state index contributed by atoms with van der Waals surface area (Å²) in [5.41, 5.74) is 1.26. The first-order valence-corrected chi connectivity index (χ1v) is 21.8. The van der Waals surface area contributed by atoms with Crippen LogP contribution in [0.4, 0.5) is 5.69 Å². The van der Waals surface area contributed by atoms with E-state index in [2.05, 4.69) is 40.8 Å². The summed E-state index contributed by atoms with van der Waals surface area (Å²) < 4.78 is 11.3. The number of piperidine rings is 1. The third-order valence-electron chi connectivity index (χ3n) is 10.8. The van der Waals surface area contributed by atoms with E-state index >= 15 is 0 Å². The molecule has 294 valence electrons. The van der Waals surface area contributed by atoms with Gasteiger partial charge in [0, 0.05) is 57.1 Å². The van der Waals surface area contributed by atoms with Crippen LogP contribution in [0.1, 0.15) is 187 Å². The lowest BCUT2D eigenvalue weighted by Gasteiger charge is -2.34. The highest BCUT2D eigenvalue weighted by atomic mass is 16.5. The van der Waals surface area contributed by atoms with Crippen molar-refractivity contribution in [2.24, 2.45) is 5.92 Å². The minimum absolute atomic E-state index is 0.0761. The van der Waals surface area contributed by atoms with Gasteiger partial charge in [-0.3, -0.25) is 19.5 Å². The van der Waals surface area contributed by atoms with E-state index in [1.165, 1.54) is 134 Å². The number of carbonyl (C=O) groups excluding carboxylic acids is 2. The maximum atomic E-state index is 12.5. The molecular formula is C44H79N3O4. The lowest BCUT2D eigenvalue weighted by Crippen LogP contribution is -2.37. The number of anilines is 1. The number of pyridine rings is 1. The molecule has 0 spiro atoms. The SMILES string of the molecule is CCCCCCCCCCCCCC(=O)OCCN(CCOC(=O)CCCCCCCCCCCCC)CCC1CCN(c2ccncc2)CC1. The molecule has 0 saturated carbocycles. The molecule has 1 aliphatic heterocycles. The number of nitrogens with zero attached hydrogens (tertiary/aromatic N) is 3. The lowest BCUT2D eigenvalue weighted by atomic mass is 9.93. The highest BCUT2D eigenvalue weighted by Crippen LogP contribution is 2.25. The molecule has 7 heteroatoms. The number of esters is 2. The number of hydrogen-bond acceptors (Lipinski definition) is 7. The van der Waals surface area contributed by atoms with E-state index in [0.29, 0.717) is 45.1 Å². The molecule has 0 amide bonds. The zero-order chi connectivity index (χ0) is 36.5. The fourth-order valence-electron chi connectivity index (χ4n) is 7.32. The third kappa shape index (κ3) is 25.5. The molecule has 0 aliphatic carbocycles. The number of rotatable bonds is 34. The Morgan fingerprint density at radius 1 is 0.608 bits per heavy atom. The Labute approximate surface area is 314 Å². The molecule has 0 unspecified atom stereocenters. The summed E-state index contributed by atoms with van der Waals surface area (Å²) in [4.78, 5) is 33.9. The van der Waals surface area contributed by atoms with Crippen molar-refractivity contribution in [3.63, 3.8) is 0 Å². The molecule has 2 rings (SSSR count). The molecule has 1 saturated heterocycles. The van der Waals surface area contributed by atoms with E-state index in [0.717, 1.165) is 51.7 Å². The third-order valence-corrected chi connectivity index (χ3v) is 10.8. The Kier molecular flexibility index (Phi) is 28.7. The maximum Gasteiger partial charge on any atom is 0.305 e. The predicted molar refractivity (Wildman–Crippen MR) is 214 cm³/mol. The van der Waals surface area contributed by atoms with Gasteiger partial charge in [0.1, 0.15) is 13.2 Å². The van der Waals surface area contributed by atoms with Crippen molar-refractivity contribution in [3.8, 4) is 0 Å². The first-order chi connectivity index (χ1) is 25.1. The monoisotopic (exact) mass is 714 g/mol. The van der Waals surface area contributed by atoms with Crippen LogP contribution in [0.2, 0.25) is 0 Å². The Bertz CT molecular complexity index is 894. The lowest BCUT2D eigenvalue weighted by molar-refractivity contribution is -0.144. The Morgan fingerprint density at radius 2 is 1.00 bits per heavy atom. The molecule has 2 heterocycles. The van der Waals surface area contributed by atoms with Crippen LogP contribution >= 0.6 is 0 Å². The molecule has 1 aromatic rings. The van der Waals surface area contributed by atoms with Crippen LogP contribution in [-0.4, -0.2) is 67.8 Å². The second kappa shape index (κ2) is 32.5. The summed E-state index contributed by atoms with van der Waals surface area (Å²) in [6.07, 6.45) is 36.3. The quantitative estimate of drug-likeness (QED) is 0.0520.